The van der Waals surface area contributed by atoms with Crippen LogP contribution in [0.1, 0.15) is 37.6 Å². The van der Waals surface area contributed by atoms with Crippen LogP contribution in [0.15, 0.2) is 24.3 Å². The number of carbonyl (C=O) groups excluding carboxylic acids is 2. The third-order valence-corrected chi connectivity index (χ3v) is 3.99. The summed E-state index contributed by atoms with van der Waals surface area (Å²) >= 11 is 0. The summed E-state index contributed by atoms with van der Waals surface area (Å²) in [7, 11) is 0. The molecule has 1 amide bonds. The molecule has 1 N–H and O–H groups in total. The van der Waals surface area contributed by atoms with Crippen molar-refractivity contribution < 1.29 is 14.3 Å². The number of rotatable bonds is 5. The molecule has 23 heavy (non-hydrogen) atoms. The number of likely N-dealkylation sites (tertiary alicyclic amines) is 1. The van der Waals surface area contributed by atoms with Crippen LogP contribution in [0.3, 0.4) is 0 Å². The predicted octanol–water partition coefficient (Wildman–Crippen LogP) is 2.78. The van der Waals surface area contributed by atoms with Gasteiger partial charge in [0.1, 0.15) is 0 Å². The lowest BCUT2D eigenvalue weighted by Gasteiger charge is -2.34. The first-order chi connectivity index (χ1) is 11.0. The molecule has 5 nitrogen and oxygen atoms in total. The van der Waals surface area contributed by atoms with Gasteiger partial charge < -0.3 is 10.1 Å². The Kier molecular flexibility index (Phi) is 6.16. The van der Waals surface area contributed by atoms with Gasteiger partial charge in [0.2, 0.25) is 5.91 Å². The van der Waals surface area contributed by atoms with Gasteiger partial charge in [-0.1, -0.05) is 13.8 Å². The van der Waals surface area contributed by atoms with Crippen LogP contribution in [-0.4, -0.2) is 43.0 Å². The molecule has 1 aliphatic rings. The molecule has 1 fully saturated rings. The minimum atomic E-state index is -0.346. The number of hydrogen-bond donors (Lipinski definition) is 1. The molecule has 5 heteroatoms. The zero-order chi connectivity index (χ0) is 16.8. The summed E-state index contributed by atoms with van der Waals surface area (Å²) in [4.78, 5) is 26.0. The maximum Gasteiger partial charge on any atom is 0.338 e. The van der Waals surface area contributed by atoms with Crippen molar-refractivity contribution in [3.05, 3.63) is 29.8 Å². The lowest BCUT2D eigenvalue weighted by Crippen LogP contribution is -2.42. The van der Waals surface area contributed by atoms with E-state index in [-0.39, 0.29) is 11.9 Å². The highest BCUT2D eigenvalue weighted by Gasteiger charge is 2.23. The standard InChI is InChI=1S/C18H26N2O3/c1-4-23-18(22)15-5-7-16(8-6-15)19-17(21)12-20-10-13(2)9-14(3)11-20/h5-8,13-14H,4,9-12H2,1-3H3,(H,19,21)/t13-,14-/m1/s1. The van der Waals surface area contributed by atoms with Gasteiger partial charge in [-0.25, -0.2) is 4.79 Å². The average molecular weight is 318 g/mol. The molecule has 2 rings (SSSR count). The molecule has 126 valence electrons. The summed E-state index contributed by atoms with van der Waals surface area (Å²) in [5, 5.41) is 2.88. The van der Waals surface area contributed by atoms with Crippen LogP contribution in [0, 0.1) is 11.8 Å². The molecule has 1 aliphatic heterocycles. The molecule has 0 unspecified atom stereocenters. The highest BCUT2D eigenvalue weighted by atomic mass is 16.5. The monoisotopic (exact) mass is 318 g/mol. The van der Waals surface area contributed by atoms with Gasteiger partial charge in [0.25, 0.3) is 0 Å². The largest absolute Gasteiger partial charge is 0.462 e. The van der Waals surface area contributed by atoms with Gasteiger partial charge in [-0.05, 0) is 49.4 Å². The fraction of sp³-hybridized carbons (Fsp3) is 0.556. The van der Waals surface area contributed by atoms with Gasteiger partial charge in [0.15, 0.2) is 0 Å². The molecule has 0 saturated carbocycles. The normalized spacial score (nSPS) is 21.7. The summed E-state index contributed by atoms with van der Waals surface area (Å²) in [5.41, 5.74) is 1.18. The first-order valence-electron chi connectivity index (χ1n) is 8.27. The SMILES string of the molecule is CCOC(=O)c1ccc(NC(=O)CN2C[C@H](C)C[C@@H](C)C2)cc1. The minimum Gasteiger partial charge on any atom is -0.462 e. The van der Waals surface area contributed by atoms with Crippen molar-refractivity contribution in [2.75, 3.05) is 31.6 Å². The molecule has 0 spiro atoms. The Labute approximate surface area is 138 Å². The van der Waals surface area contributed by atoms with Crippen molar-refractivity contribution in [2.24, 2.45) is 11.8 Å². The van der Waals surface area contributed by atoms with E-state index >= 15 is 0 Å². The highest BCUT2D eigenvalue weighted by molar-refractivity contribution is 5.94. The average Bonchev–Trinajstić information content (AvgIpc) is 2.47. The quantitative estimate of drug-likeness (QED) is 0.848. The number of nitrogens with one attached hydrogen (secondary N) is 1. The van der Waals surface area contributed by atoms with Crippen LogP contribution < -0.4 is 5.32 Å². The second kappa shape index (κ2) is 8.11. The van der Waals surface area contributed by atoms with Crippen LogP contribution in [0.4, 0.5) is 5.69 Å². The molecule has 1 heterocycles. The second-order valence-corrected chi connectivity index (χ2v) is 6.49. The molecule has 0 aromatic heterocycles. The fourth-order valence-electron chi connectivity index (χ4n) is 3.23. The number of piperidine rings is 1. The third kappa shape index (κ3) is 5.36. The lowest BCUT2D eigenvalue weighted by molar-refractivity contribution is -0.117. The molecule has 0 radical (unpaired) electrons. The number of nitrogens with zero attached hydrogens (tertiary/aromatic N) is 1. The van der Waals surface area contributed by atoms with Gasteiger partial charge in [0.05, 0.1) is 18.7 Å². The van der Waals surface area contributed by atoms with Crippen molar-refractivity contribution in [2.45, 2.75) is 27.2 Å². The Morgan fingerprint density at radius 3 is 2.35 bits per heavy atom. The molecule has 0 bridgehead atoms. The van der Waals surface area contributed by atoms with Crippen LogP contribution in [-0.2, 0) is 9.53 Å². The Morgan fingerprint density at radius 1 is 1.17 bits per heavy atom. The topological polar surface area (TPSA) is 58.6 Å². The summed E-state index contributed by atoms with van der Waals surface area (Å²) in [5.74, 6) is 0.905. The van der Waals surface area contributed by atoms with Gasteiger partial charge in [-0.3, -0.25) is 9.69 Å². The van der Waals surface area contributed by atoms with E-state index in [0.717, 1.165) is 13.1 Å². The Morgan fingerprint density at radius 2 is 1.78 bits per heavy atom. The Balaban J connectivity index is 1.86. The maximum absolute atomic E-state index is 12.2. The zero-order valence-electron chi connectivity index (χ0n) is 14.2. The first kappa shape index (κ1) is 17.5. The van der Waals surface area contributed by atoms with Crippen molar-refractivity contribution in [1.29, 1.82) is 0 Å². The molecule has 2 atom stereocenters. The van der Waals surface area contributed by atoms with Crippen LogP contribution >= 0.6 is 0 Å². The van der Waals surface area contributed by atoms with Gasteiger partial charge in [-0.2, -0.15) is 0 Å². The van der Waals surface area contributed by atoms with E-state index in [4.69, 9.17) is 4.74 Å². The number of esters is 1. The van der Waals surface area contributed by atoms with Crippen molar-refractivity contribution in [3.8, 4) is 0 Å². The summed E-state index contributed by atoms with van der Waals surface area (Å²) in [6.45, 7) is 8.94. The zero-order valence-corrected chi connectivity index (χ0v) is 14.2. The second-order valence-electron chi connectivity index (χ2n) is 6.49. The van der Waals surface area contributed by atoms with Gasteiger partial charge >= 0.3 is 5.97 Å². The highest BCUT2D eigenvalue weighted by Crippen LogP contribution is 2.20. The van der Waals surface area contributed by atoms with E-state index < -0.39 is 0 Å². The number of hydrogen-bond acceptors (Lipinski definition) is 4. The van der Waals surface area contributed by atoms with Crippen LogP contribution in [0.5, 0.6) is 0 Å². The van der Waals surface area contributed by atoms with E-state index in [0.29, 0.717) is 36.2 Å². The van der Waals surface area contributed by atoms with E-state index in [2.05, 4.69) is 24.1 Å². The molecule has 1 saturated heterocycles. The first-order valence-corrected chi connectivity index (χ1v) is 8.27. The molecule has 1 aromatic carbocycles. The predicted molar refractivity (Wildman–Crippen MR) is 90.4 cm³/mol. The summed E-state index contributed by atoms with van der Waals surface area (Å²) in [6, 6.07) is 6.79. The minimum absolute atomic E-state index is 0.0183. The summed E-state index contributed by atoms with van der Waals surface area (Å²) < 4.78 is 4.94. The lowest BCUT2D eigenvalue weighted by atomic mass is 9.92. The maximum atomic E-state index is 12.2. The Hall–Kier alpha value is -1.88. The van der Waals surface area contributed by atoms with Crippen molar-refractivity contribution >= 4 is 17.6 Å². The number of amides is 1. The number of anilines is 1. The van der Waals surface area contributed by atoms with E-state index in [1.54, 1.807) is 31.2 Å². The molecule has 1 aromatic rings. The molecular formula is C18H26N2O3. The Bertz CT molecular complexity index is 532. The van der Waals surface area contributed by atoms with Crippen molar-refractivity contribution in [3.63, 3.8) is 0 Å². The van der Waals surface area contributed by atoms with E-state index in [1.165, 1.54) is 6.42 Å². The van der Waals surface area contributed by atoms with Crippen molar-refractivity contribution in [1.82, 2.24) is 4.90 Å². The third-order valence-electron chi connectivity index (χ3n) is 3.99. The number of benzene rings is 1. The molecule has 0 aliphatic carbocycles. The van der Waals surface area contributed by atoms with Gasteiger partial charge in [-0.15, -0.1) is 0 Å². The summed E-state index contributed by atoms with van der Waals surface area (Å²) in [6.07, 6.45) is 1.23. The van der Waals surface area contributed by atoms with Crippen LogP contribution in [0.2, 0.25) is 0 Å². The number of carbonyl (C=O) groups is 2. The van der Waals surface area contributed by atoms with E-state index in [9.17, 15) is 9.59 Å². The molecular weight excluding hydrogens is 292 g/mol. The fourth-order valence-corrected chi connectivity index (χ4v) is 3.23. The van der Waals surface area contributed by atoms with Gasteiger partial charge in [0, 0.05) is 18.8 Å². The van der Waals surface area contributed by atoms with E-state index in [1.807, 2.05) is 0 Å². The van der Waals surface area contributed by atoms with Crippen LogP contribution in [0.25, 0.3) is 0 Å². The number of ether oxygens (including phenoxy) is 1. The smallest absolute Gasteiger partial charge is 0.338 e.